The highest BCUT2D eigenvalue weighted by molar-refractivity contribution is 5.88. The van der Waals surface area contributed by atoms with Gasteiger partial charge < -0.3 is 14.4 Å². The van der Waals surface area contributed by atoms with Crippen molar-refractivity contribution in [3.63, 3.8) is 0 Å². The highest BCUT2D eigenvalue weighted by Crippen LogP contribution is 2.43. The molecule has 0 bridgehead atoms. The third-order valence-corrected chi connectivity index (χ3v) is 4.24. The topological polar surface area (TPSA) is 55.8 Å². The Morgan fingerprint density at radius 3 is 2.52 bits per heavy atom. The van der Waals surface area contributed by atoms with Gasteiger partial charge in [-0.1, -0.05) is 6.08 Å². The third kappa shape index (κ3) is 3.77. The number of carbonyl (C=O) groups excluding carboxylic acids is 2. The van der Waals surface area contributed by atoms with Crippen molar-refractivity contribution in [1.29, 1.82) is 0 Å². The van der Waals surface area contributed by atoms with E-state index in [1.54, 1.807) is 4.90 Å². The highest BCUT2D eigenvalue weighted by atomic mass is 16.6. The van der Waals surface area contributed by atoms with Gasteiger partial charge in [0.05, 0.1) is 7.11 Å². The quantitative estimate of drug-likeness (QED) is 0.698. The lowest BCUT2D eigenvalue weighted by Crippen LogP contribution is -2.37. The number of esters is 1. The van der Waals surface area contributed by atoms with Crippen LogP contribution in [0.15, 0.2) is 11.6 Å². The summed E-state index contributed by atoms with van der Waals surface area (Å²) in [6.07, 6.45) is 5.20. The van der Waals surface area contributed by atoms with Crippen LogP contribution in [-0.4, -0.2) is 42.8 Å². The number of hydrogen-bond acceptors (Lipinski definition) is 4. The summed E-state index contributed by atoms with van der Waals surface area (Å²) in [4.78, 5) is 25.4. The zero-order valence-electron chi connectivity index (χ0n) is 13.4. The van der Waals surface area contributed by atoms with Crippen molar-refractivity contribution in [2.45, 2.75) is 52.1 Å². The van der Waals surface area contributed by atoms with E-state index in [1.165, 1.54) is 7.11 Å². The van der Waals surface area contributed by atoms with E-state index in [0.717, 1.165) is 37.8 Å². The van der Waals surface area contributed by atoms with E-state index in [1.807, 2.05) is 26.8 Å². The number of likely N-dealkylation sites (tertiary alicyclic amines) is 1. The van der Waals surface area contributed by atoms with Gasteiger partial charge in [-0.05, 0) is 51.9 Å². The van der Waals surface area contributed by atoms with Crippen LogP contribution in [0, 0.1) is 5.41 Å². The van der Waals surface area contributed by atoms with Crippen LogP contribution in [0.25, 0.3) is 0 Å². The second kappa shape index (κ2) is 5.70. The lowest BCUT2D eigenvalue weighted by Gasteiger charge is -2.32. The Bertz CT molecular complexity index is 463. The molecule has 0 aromatic heterocycles. The van der Waals surface area contributed by atoms with E-state index in [0.29, 0.717) is 6.54 Å². The van der Waals surface area contributed by atoms with Gasteiger partial charge in [-0.3, -0.25) is 0 Å². The van der Waals surface area contributed by atoms with Gasteiger partial charge in [-0.25, -0.2) is 9.59 Å². The fourth-order valence-corrected chi connectivity index (χ4v) is 3.05. The summed E-state index contributed by atoms with van der Waals surface area (Å²) in [5, 5.41) is 0. The van der Waals surface area contributed by atoms with Crippen molar-refractivity contribution in [2.24, 2.45) is 5.41 Å². The fraction of sp³-hybridized carbons (Fsp3) is 0.750. The van der Waals surface area contributed by atoms with Gasteiger partial charge in [-0.15, -0.1) is 0 Å². The first-order valence-electron chi connectivity index (χ1n) is 7.50. The van der Waals surface area contributed by atoms with Crippen LogP contribution in [0.1, 0.15) is 46.5 Å². The van der Waals surface area contributed by atoms with Gasteiger partial charge in [0.15, 0.2) is 0 Å². The van der Waals surface area contributed by atoms with E-state index in [4.69, 9.17) is 9.47 Å². The first kappa shape index (κ1) is 15.9. The molecule has 2 aliphatic rings. The van der Waals surface area contributed by atoms with Crippen LogP contribution in [0.4, 0.5) is 4.79 Å². The molecule has 21 heavy (non-hydrogen) atoms. The summed E-state index contributed by atoms with van der Waals surface area (Å²) < 4.78 is 10.2. The number of rotatable bonds is 1. The predicted octanol–water partition coefficient (Wildman–Crippen LogP) is 2.90. The Kier molecular flexibility index (Phi) is 4.30. The Labute approximate surface area is 126 Å². The summed E-state index contributed by atoms with van der Waals surface area (Å²) in [5.74, 6) is -0.230. The van der Waals surface area contributed by atoms with Crippen LogP contribution in [-0.2, 0) is 14.3 Å². The number of carbonyl (C=O) groups is 2. The first-order valence-corrected chi connectivity index (χ1v) is 7.50. The van der Waals surface area contributed by atoms with Crippen molar-refractivity contribution in [3.8, 4) is 0 Å². The minimum atomic E-state index is -0.461. The summed E-state index contributed by atoms with van der Waals surface area (Å²) in [5.41, 5.74) is 0.407. The maximum atomic E-state index is 12.1. The number of hydrogen-bond donors (Lipinski definition) is 0. The van der Waals surface area contributed by atoms with E-state index < -0.39 is 5.60 Å². The Balaban J connectivity index is 1.95. The molecule has 0 saturated carbocycles. The molecule has 1 saturated heterocycles. The third-order valence-electron chi connectivity index (χ3n) is 4.24. The Morgan fingerprint density at radius 1 is 1.29 bits per heavy atom. The Hall–Kier alpha value is -1.52. The number of nitrogens with zero attached hydrogens (tertiary/aromatic N) is 1. The van der Waals surface area contributed by atoms with Gasteiger partial charge in [0.25, 0.3) is 0 Å². The number of amides is 1. The van der Waals surface area contributed by atoms with Crippen molar-refractivity contribution < 1.29 is 19.1 Å². The van der Waals surface area contributed by atoms with Gasteiger partial charge in [0, 0.05) is 18.7 Å². The smallest absolute Gasteiger partial charge is 0.410 e. The lowest BCUT2D eigenvalue weighted by molar-refractivity contribution is -0.136. The molecule has 1 fully saturated rings. The number of methoxy groups -OCH3 is 1. The average Bonchev–Trinajstić information content (AvgIpc) is 2.81. The van der Waals surface area contributed by atoms with Gasteiger partial charge in [0.1, 0.15) is 5.60 Å². The van der Waals surface area contributed by atoms with Crippen LogP contribution in [0.2, 0.25) is 0 Å². The molecule has 2 rings (SSSR count). The molecular weight excluding hydrogens is 270 g/mol. The van der Waals surface area contributed by atoms with Crippen molar-refractivity contribution in [1.82, 2.24) is 4.90 Å². The number of ether oxygens (including phenoxy) is 2. The van der Waals surface area contributed by atoms with Crippen molar-refractivity contribution in [3.05, 3.63) is 11.6 Å². The monoisotopic (exact) mass is 295 g/mol. The molecule has 5 heteroatoms. The highest BCUT2D eigenvalue weighted by Gasteiger charge is 2.42. The average molecular weight is 295 g/mol. The van der Waals surface area contributed by atoms with E-state index in [9.17, 15) is 9.59 Å². The maximum absolute atomic E-state index is 12.1. The summed E-state index contributed by atoms with van der Waals surface area (Å²) >= 11 is 0. The molecule has 0 N–H and O–H groups in total. The maximum Gasteiger partial charge on any atom is 0.410 e. The van der Waals surface area contributed by atoms with Crippen LogP contribution in [0.5, 0.6) is 0 Å². The van der Waals surface area contributed by atoms with Crippen molar-refractivity contribution in [2.75, 3.05) is 20.2 Å². The summed E-state index contributed by atoms with van der Waals surface area (Å²) in [6.45, 7) is 7.08. The molecule has 118 valence electrons. The molecule has 0 radical (unpaired) electrons. The second-order valence-electron chi connectivity index (χ2n) is 7.08. The molecule has 1 unspecified atom stereocenters. The Morgan fingerprint density at radius 2 is 2.00 bits per heavy atom. The molecule has 1 spiro atoms. The largest absolute Gasteiger partial charge is 0.466 e. The van der Waals surface area contributed by atoms with E-state index in [-0.39, 0.29) is 17.5 Å². The second-order valence-corrected chi connectivity index (χ2v) is 7.08. The zero-order valence-corrected chi connectivity index (χ0v) is 13.4. The lowest BCUT2D eigenvalue weighted by atomic mass is 9.74. The molecular formula is C16H25NO4. The molecule has 0 aromatic carbocycles. The van der Waals surface area contributed by atoms with E-state index in [2.05, 4.69) is 0 Å². The predicted molar refractivity (Wildman–Crippen MR) is 78.8 cm³/mol. The van der Waals surface area contributed by atoms with Crippen molar-refractivity contribution >= 4 is 12.1 Å². The summed E-state index contributed by atoms with van der Waals surface area (Å²) in [6, 6.07) is 0. The molecule has 1 amide bonds. The molecule has 0 aromatic rings. The number of allylic oxidation sites excluding steroid dienone is 1. The first-order chi connectivity index (χ1) is 9.75. The molecule has 1 atom stereocenters. The van der Waals surface area contributed by atoms with Crippen LogP contribution in [0.3, 0.4) is 0 Å². The van der Waals surface area contributed by atoms with Gasteiger partial charge >= 0.3 is 12.1 Å². The zero-order chi connectivity index (χ0) is 15.7. The molecule has 5 nitrogen and oxygen atoms in total. The molecule has 1 aliphatic carbocycles. The SMILES string of the molecule is COC(=O)C1=CCC2(CC1)CCN(C(=O)OC(C)(C)C)C2. The van der Waals surface area contributed by atoms with Crippen LogP contribution < -0.4 is 0 Å². The minimum Gasteiger partial charge on any atom is -0.466 e. The molecule has 1 heterocycles. The molecule has 1 aliphatic heterocycles. The van der Waals surface area contributed by atoms with Gasteiger partial charge in [0.2, 0.25) is 0 Å². The fourth-order valence-electron chi connectivity index (χ4n) is 3.05. The van der Waals surface area contributed by atoms with E-state index >= 15 is 0 Å². The van der Waals surface area contributed by atoms with Crippen LogP contribution >= 0.6 is 0 Å². The minimum absolute atomic E-state index is 0.106. The summed E-state index contributed by atoms with van der Waals surface area (Å²) in [7, 11) is 1.41. The standard InChI is InChI=1S/C16H25NO4/c1-15(2,3)21-14(19)17-10-9-16(11-17)7-5-12(6-8-16)13(18)20-4/h5H,6-11H2,1-4H3. The van der Waals surface area contributed by atoms with Gasteiger partial charge in [-0.2, -0.15) is 0 Å². The normalized spacial score (nSPS) is 25.7.